The van der Waals surface area contributed by atoms with E-state index in [9.17, 15) is 4.79 Å². The molecule has 0 aliphatic carbocycles. The first kappa shape index (κ1) is 13.2. The van der Waals surface area contributed by atoms with Gasteiger partial charge in [0, 0.05) is 17.7 Å². The predicted octanol–water partition coefficient (Wildman–Crippen LogP) is 2.42. The number of nitrogens with zero attached hydrogens (tertiary/aromatic N) is 2. The minimum Gasteiger partial charge on any atom is -0.368 e. The van der Waals surface area contributed by atoms with E-state index in [4.69, 9.17) is 5.73 Å². The molecule has 0 atom stereocenters. The number of nitrogens with two attached hydrogens (primary N) is 1. The number of aryl methyl sites for hydroxylation is 1. The zero-order chi connectivity index (χ0) is 13.8. The average molecular weight is 255 g/mol. The van der Waals surface area contributed by atoms with Gasteiger partial charge in [0.15, 0.2) is 0 Å². The molecule has 0 bridgehead atoms. The first-order valence-corrected chi connectivity index (χ1v) is 6.30. The maximum atomic E-state index is 11.1. The van der Waals surface area contributed by atoms with Gasteiger partial charge in [0.05, 0.1) is 5.69 Å². The lowest BCUT2D eigenvalue weighted by Crippen LogP contribution is -2.00. The molecule has 98 valence electrons. The SMILES string of the molecule is CCc1cc(-c2ccc(CC(C)=O)cc2)nc(N)n1. The molecule has 0 fully saturated rings. The van der Waals surface area contributed by atoms with Crippen LogP contribution in [-0.2, 0) is 17.6 Å². The number of hydrogen-bond donors (Lipinski definition) is 1. The van der Waals surface area contributed by atoms with Crippen molar-refractivity contribution in [3.8, 4) is 11.3 Å². The predicted molar refractivity (Wildman–Crippen MR) is 75.6 cm³/mol. The Morgan fingerprint density at radius 1 is 1.21 bits per heavy atom. The van der Waals surface area contributed by atoms with Gasteiger partial charge in [-0.25, -0.2) is 9.97 Å². The highest BCUT2D eigenvalue weighted by molar-refractivity contribution is 5.78. The molecule has 1 aromatic carbocycles. The fraction of sp³-hybridized carbons (Fsp3) is 0.267. The van der Waals surface area contributed by atoms with Crippen LogP contribution in [0, 0.1) is 0 Å². The number of nitrogen functional groups attached to an aromatic ring is 1. The van der Waals surface area contributed by atoms with Gasteiger partial charge in [0.1, 0.15) is 5.78 Å². The monoisotopic (exact) mass is 255 g/mol. The number of carbonyl (C=O) groups is 1. The zero-order valence-corrected chi connectivity index (χ0v) is 11.2. The van der Waals surface area contributed by atoms with Gasteiger partial charge < -0.3 is 5.73 Å². The van der Waals surface area contributed by atoms with Gasteiger partial charge in [0.25, 0.3) is 0 Å². The van der Waals surface area contributed by atoms with Crippen LogP contribution in [-0.4, -0.2) is 15.8 Å². The molecule has 1 aromatic heterocycles. The molecule has 2 rings (SSSR count). The second kappa shape index (κ2) is 5.61. The summed E-state index contributed by atoms with van der Waals surface area (Å²) in [5.74, 6) is 0.453. The highest BCUT2D eigenvalue weighted by atomic mass is 16.1. The average Bonchev–Trinajstić information content (AvgIpc) is 2.38. The van der Waals surface area contributed by atoms with Crippen LogP contribution >= 0.6 is 0 Å². The summed E-state index contributed by atoms with van der Waals surface area (Å²) in [6, 6.07) is 9.75. The van der Waals surface area contributed by atoms with Crippen molar-refractivity contribution in [2.45, 2.75) is 26.7 Å². The molecule has 0 spiro atoms. The molecule has 2 N–H and O–H groups in total. The number of hydrogen-bond acceptors (Lipinski definition) is 4. The van der Waals surface area contributed by atoms with Crippen molar-refractivity contribution < 1.29 is 4.79 Å². The molecular weight excluding hydrogens is 238 g/mol. The first-order chi connectivity index (χ1) is 9.08. The molecule has 0 unspecified atom stereocenters. The van der Waals surface area contributed by atoms with Crippen LogP contribution in [0.2, 0.25) is 0 Å². The third-order valence-electron chi connectivity index (χ3n) is 2.86. The number of carbonyl (C=O) groups excluding carboxylic acids is 1. The Balaban J connectivity index is 2.31. The number of benzene rings is 1. The molecule has 0 aliphatic heterocycles. The van der Waals surface area contributed by atoms with Crippen LogP contribution in [0.15, 0.2) is 30.3 Å². The summed E-state index contributed by atoms with van der Waals surface area (Å²) in [5.41, 5.74) is 9.44. The van der Waals surface area contributed by atoms with Gasteiger partial charge in [-0.1, -0.05) is 31.2 Å². The Morgan fingerprint density at radius 2 is 1.89 bits per heavy atom. The Labute approximate surface area is 112 Å². The van der Waals surface area contributed by atoms with Gasteiger partial charge in [-0.2, -0.15) is 0 Å². The number of aromatic nitrogens is 2. The Morgan fingerprint density at radius 3 is 2.47 bits per heavy atom. The summed E-state index contributed by atoms with van der Waals surface area (Å²) in [4.78, 5) is 19.5. The molecule has 4 heteroatoms. The second-order valence-electron chi connectivity index (χ2n) is 4.53. The van der Waals surface area contributed by atoms with E-state index < -0.39 is 0 Å². The number of rotatable bonds is 4. The first-order valence-electron chi connectivity index (χ1n) is 6.30. The van der Waals surface area contributed by atoms with Crippen molar-refractivity contribution in [2.24, 2.45) is 0 Å². The minimum atomic E-state index is 0.160. The standard InChI is InChI=1S/C15H17N3O/c1-3-13-9-14(18-15(16)17-13)12-6-4-11(5-7-12)8-10(2)19/h4-7,9H,3,8H2,1-2H3,(H2,16,17,18). The second-order valence-corrected chi connectivity index (χ2v) is 4.53. The summed E-state index contributed by atoms with van der Waals surface area (Å²) < 4.78 is 0. The van der Waals surface area contributed by atoms with Crippen molar-refractivity contribution in [2.75, 3.05) is 5.73 Å². The molecule has 0 amide bonds. The quantitative estimate of drug-likeness (QED) is 0.911. The van der Waals surface area contributed by atoms with Crippen molar-refractivity contribution in [1.29, 1.82) is 0 Å². The lowest BCUT2D eigenvalue weighted by Gasteiger charge is -2.05. The summed E-state index contributed by atoms with van der Waals surface area (Å²) >= 11 is 0. The van der Waals surface area contributed by atoms with Crippen LogP contribution in [0.4, 0.5) is 5.95 Å². The van der Waals surface area contributed by atoms with Crippen LogP contribution in [0.3, 0.4) is 0 Å². The molecule has 0 saturated carbocycles. The molecule has 0 aliphatic rings. The maximum Gasteiger partial charge on any atom is 0.220 e. The third kappa shape index (κ3) is 3.37. The summed E-state index contributed by atoms with van der Waals surface area (Å²) in [6.07, 6.45) is 1.29. The zero-order valence-electron chi connectivity index (χ0n) is 11.2. The van der Waals surface area contributed by atoms with Crippen LogP contribution in [0.1, 0.15) is 25.1 Å². The van der Waals surface area contributed by atoms with Gasteiger partial charge >= 0.3 is 0 Å². The maximum absolute atomic E-state index is 11.1. The Kier molecular flexibility index (Phi) is 3.90. The normalized spacial score (nSPS) is 10.4. The van der Waals surface area contributed by atoms with Gasteiger partial charge in [0.2, 0.25) is 5.95 Å². The fourth-order valence-corrected chi connectivity index (χ4v) is 1.93. The number of Topliss-reactive ketones (excluding diaryl/α,β-unsaturated/α-hetero) is 1. The summed E-state index contributed by atoms with van der Waals surface area (Å²) in [7, 11) is 0. The lowest BCUT2D eigenvalue weighted by atomic mass is 10.0. The van der Waals surface area contributed by atoms with E-state index in [0.29, 0.717) is 12.4 Å². The lowest BCUT2D eigenvalue weighted by molar-refractivity contribution is -0.116. The van der Waals surface area contributed by atoms with Gasteiger partial charge in [-0.15, -0.1) is 0 Å². The molecule has 19 heavy (non-hydrogen) atoms. The van der Waals surface area contributed by atoms with Crippen molar-refractivity contribution >= 4 is 11.7 Å². The van der Waals surface area contributed by atoms with Crippen LogP contribution < -0.4 is 5.73 Å². The van der Waals surface area contributed by atoms with E-state index in [-0.39, 0.29) is 5.78 Å². The number of anilines is 1. The molecule has 0 radical (unpaired) electrons. The minimum absolute atomic E-state index is 0.160. The van der Waals surface area contributed by atoms with Crippen LogP contribution in [0.5, 0.6) is 0 Å². The summed E-state index contributed by atoms with van der Waals surface area (Å²) in [5, 5.41) is 0. The van der Waals surface area contributed by atoms with Gasteiger partial charge in [-0.3, -0.25) is 4.79 Å². The van der Waals surface area contributed by atoms with Crippen LogP contribution in [0.25, 0.3) is 11.3 Å². The smallest absolute Gasteiger partial charge is 0.220 e. The number of ketones is 1. The molecule has 2 aromatic rings. The Bertz CT molecular complexity index is 591. The van der Waals surface area contributed by atoms with E-state index in [1.807, 2.05) is 37.3 Å². The van der Waals surface area contributed by atoms with Gasteiger partial charge in [-0.05, 0) is 25.0 Å². The van der Waals surface area contributed by atoms with Crippen molar-refractivity contribution in [3.05, 3.63) is 41.6 Å². The molecule has 1 heterocycles. The topological polar surface area (TPSA) is 68.9 Å². The van der Waals surface area contributed by atoms with E-state index in [0.717, 1.165) is 28.9 Å². The van der Waals surface area contributed by atoms with Crippen molar-refractivity contribution in [3.63, 3.8) is 0 Å². The Hall–Kier alpha value is -2.23. The fourth-order valence-electron chi connectivity index (χ4n) is 1.93. The largest absolute Gasteiger partial charge is 0.368 e. The van der Waals surface area contributed by atoms with E-state index >= 15 is 0 Å². The van der Waals surface area contributed by atoms with E-state index in [1.165, 1.54) is 0 Å². The highest BCUT2D eigenvalue weighted by Gasteiger charge is 2.05. The third-order valence-corrected chi connectivity index (χ3v) is 2.86. The van der Waals surface area contributed by atoms with Crippen molar-refractivity contribution in [1.82, 2.24) is 9.97 Å². The highest BCUT2D eigenvalue weighted by Crippen LogP contribution is 2.19. The molecular formula is C15H17N3O. The van der Waals surface area contributed by atoms with E-state index in [2.05, 4.69) is 9.97 Å². The summed E-state index contributed by atoms with van der Waals surface area (Å²) in [6.45, 7) is 3.62. The molecule has 0 saturated heterocycles. The van der Waals surface area contributed by atoms with E-state index in [1.54, 1.807) is 6.92 Å². The molecule has 4 nitrogen and oxygen atoms in total.